The van der Waals surface area contributed by atoms with Crippen LogP contribution in [0.3, 0.4) is 0 Å². The lowest BCUT2D eigenvalue weighted by atomic mass is 10.1. The van der Waals surface area contributed by atoms with Crippen LogP contribution in [0.5, 0.6) is 0 Å². The second-order valence-electron chi connectivity index (χ2n) is 4.01. The summed E-state index contributed by atoms with van der Waals surface area (Å²) in [7, 11) is 0. The van der Waals surface area contributed by atoms with Crippen LogP contribution < -0.4 is 11.1 Å². The molecule has 0 atom stereocenters. The zero-order chi connectivity index (χ0) is 14.3. The zero-order valence-corrected chi connectivity index (χ0v) is 10.7. The highest BCUT2D eigenvalue weighted by Gasteiger charge is 2.07. The minimum Gasteiger partial charge on any atom is -0.395 e. The van der Waals surface area contributed by atoms with Gasteiger partial charge in [0, 0.05) is 17.5 Å². The molecule has 0 unspecified atom stereocenters. The summed E-state index contributed by atoms with van der Waals surface area (Å²) < 4.78 is 0. The first-order valence-electron chi connectivity index (χ1n) is 5.81. The predicted molar refractivity (Wildman–Crippen MR) is 71.3 cm³/mol. The topological polar surface area (TPSA) is 92.4 Å². The van der Waals surface area contributed by atoms with Crippen LogP contribution >= 0.6 is 0 Å². The number of carbonyl (C=O) groups excluding carboxylic acids is 2. The minimum absolute atomic E-state index is 0.00473. The number of nitrogens with two attached hydrogens (primary N) is 1. The van der Waals surface area contributed by atoms with Crippen LogP contribution in [0.2, 0.25) is 0 Å². The highest BCUT2D eigenvalue weighted by Crippen LogP contribution is 2.09. The molecule has 0 fully saturated rings. The molecule has 0 spiro atoms. The smallest absolute Gasteiger partial charge is 0.251 e. The number of aryl methyl sites for hydroxylation is 1. The number of aliphatic hydroxyl groups is 1. The number of primary amides is 1. The molecule has 19 heavy (non-hydrogen) atoms. The fourth-order valence-corrected chi connectivity index (χ4v) is 1.48. The first kappa shape index (κ1) is 14.7. The lowest BCUT2D eigenvalue weighted by Crippen LogP contribution is -2.33. The van der Waals surface area contributed by atoms with E-state index in [2.05, 4.69) is 17.2 Å². The predicted octanol–water partition coefficient (Wildman–Crippen LogP) is -0.0560. The third-order valence-electron chi connectivity index (χ3n) is 2.23. The Bertz CT molecular complexity index is 541. The first-order valence-corrected chi connectivity index (χ1v) is 5.81. The summed E-state index contributed by atoms with van der Waals surface area (Å²) in [6.07, 6.45) is 0.386. The molecule has 1 aromatic carbocycles. The van der Waals surface area contributed by atoms with E-state index in [-0.39, 0.29) is 19.1 Å². The van der Waals surface area contributed by atoms with E-state index in [4.69, 9.17) is 10.8 Å². The van der Waals surface area contributed by atoms with Gasteiger partial charge in [0.2, 0.25) is 5.91 Å². The Morgan fingerprint density at radius 3 is 2.74 bits per heavy atom. The molecule has 0 aliphatic carbocycles. The van der Waals surface area contributed by atoms with Gasteiger partial charge in [-0.05, 0) is 30.7 Å². The van der Waals surface area contributed by atoms with Crippen LogP contribution in [-0.4, -0.2) is 30.1 Å². The van der Waals surface area contributed by atoms with Gasteiger partial charge in [-0.3, -0.25) is 9.59 Å². The summed E-state index contributed by atoms with van der Waals surface area (Å²) in [6, 6.07) is 5.18. The molecular formula is C14H16N2O3. The van der Waals surface area contributed by atoms with Crippen LogP contribution in [0.25, 0.3) is 0 Å². The normalized spacial score (nSPS) is 9.37. The molecule has 5 heteroatoms. The maximum atomic E-state index is 11.8. The molecule has 0 aromatic heterocycles. The molecule has 0 saturated heterocycles. The van der Waals surface area contributed by atoms with Gasteiger partial charge in [0.1, 0.15) is 0 Å². The highest BCUT2D eigenvalue weighted by atomic mass is 16.2. The van der Waals surface area contributed by atoms with Crippen LogP contribution in [-0.2, 0) is 4.79 Å². The van der Waals surface area contributed by atoms with Gasteiger partial charge in [-0.1, -0.05) is 11.8 Å². The highest BCUT2D eigenvalue weighted by molar-refractivity contribution is 5.96. The van der Waals surface area contributed by atoms with Gasteiger partial charge < -0.3 is 16.2 Å². The average Bonchev–Trinajstić information content (AvgIpc) is 2.35. The number of benzene rings is 1. The molecule has 0 aliphatic rings. The maximum Gasteiger partial charge on any atom is 0.251 e. The summed E-state index contributed by atoms with van der Waals surface area (Å²) in [5.74, 6) is 4.69. The third kappa shape index (κ3) is 5.23. The Morgan fingerprint density at radius 1 is 1.37 bits per heavy atom. The van der Waals surface area contributed by atoms with Crippen molar-refractivity contribution in [2.75, 3.05) is 13.2 Å². The van der Waals surface area contributed by atoms with Crippen LogP contribution in [0.4, 0.5) is 0 Å². The van der Waals surface area contributed by atoms with Crippen LogP contribution in [0.15, 0.2) is 18.2 Å². The van der Waals surface area contributed by atoms with Crippen molar-refractivity contribution >= 4 is 11.8 Å². The van der Waals surface area contributed by atoms with Gasteiger partial charge in [0.05, 0.1) is 13.2 Å². The molecule has 100 valence electrons. The molecule has 2 amide bonds. The Kier molecular flexibility index (Phi) is 5.58. The maximum absolute atomic E-state index is 11.8. The summed E-state index contributed by atoms with van der Waals surface area (Å²) in [6.45, 7) is 1.66. The Labute approximate surface area is 111 Å². The van der Waals surface area contributed by atoms with Gasteiger partial charge >= 0.3 is 0 Å². The molecule has 4 N–H and O–H groups in total. The number of amides is 2. The van der Waals surface area contributed by atoms with Crippen molar-refractivity contribution in [3.63, 3.8) is 0 Å². The quantitative estimate of drug-likeness (QED) is 0.662. The largest absolute Gasteiger partial charge is 0.395 e. The standard InChI is InChI=1S/C14H16N2O3/c1-10-6-11(4-2-3-5-17)8-12(7-10)14(19)16-9-13(15)18/h6-8,17H,3,5,9H2,1H3,(H2,15,18)(H,16,19). The van der Waals surface area contributed by atoms with Gasteiger partial charge in [-0.25, -0.2) is 0 Å². The molecule has 0 bridgehead atoms. The number of nitrogens with one attached hydrogen (secondary N) is 1. The first-order chi connectivity index (χ1) is 9.02. The molecule has 1 aromatic rings. The Balaban J connectivity index is 2.87. The Hall–Kier alpha value is -2.32. The average molecular weight is 260 g/mol. The summed E-state index contributed by atoms with van der Waals surface area (Å²) in [5.41, 5.74) is 6.97. The minimum atomic E-state index is -0.594. The second kappa shape index (κ2) is 7.19. The van der Waals surface area contributed by atoms with E-state index in [1.54, 1.807) is 12.1 Å². The second-order valence-corrected chi connectivity index (χ2v) is 4.01. The van der Waals surface area contributed by atoms with Crippen LogP contribution in [0, 0.1) is 18.8 Å². The monoisotopic (exact) mass is 260 g/mol. The number of aliphatic hydroxyl groups excluding tert-OH is 1. The van der Waals surface area contributed by atoms with E-state index in [0.29, 0.717) is 17.5 Å². The van der Waals surface area contributed by atoms with Crippen molar-refractivity contribution in [3.8, 4) is 11.8 Å². The fourth-order valence-electron chi connectivity index (χ4n) is 1.48. The van der Waals surface area contributed by atoms with Crippen molar-refractivity contribution in [1.82, 2.24) is 5.32 Å². The number of rotatable bonds is 4. The number of hydrogen-bond acceptors (Lipinski definition) is 3. The lowest BCUT2D eigenvalue weighted by molar-refractivity contribution is -0.117. The molecule has 0 saturated carbocycles. The van der Waals surface area contributed by atoms with Gasteiger partial charge in [-0.2, -0.15) is 0 Å². The molecule has 0 aliphatic heterocycles. The van der Waals surface area contributed by atoms with Crippen molar-refractivity contribution in [1.29, 1.82) is 0 Å². The number of hydrogen-bond donors (Lipinski definition) is 3. The van der Waals surface area contributed by atoms with Crippen molar-refractivity contribution in [2.24, 2.45) is 5.73 Å². The Morgan fingerprint density at radius 2 is 2.11 bits per heavy atom. The van der Waals surface area contributed by atoms with Crippen LogP contribution in [0.1, 0.15) is 27.9 Å². The fraction of sp³-hybridized carbons (Fsp3) is 0.286. The van der Waals surface area contributed by atoms with Gasteiger partial charge in [0.25, 0.3) is 5.91 Å². The molecule has 5 nitrogen and oxygen atoms in total. The van der Waals surface area contributed by atoms with E-state index in [1.165, 1.54) is 0 Å². The number of carbonyl (C=O) groups is 2. The van der Waals surface area contributed by atoms with E-state index in [1.807, 2.05) is 13.0 Å². The van der Waals surface area contributed by atoms with Gasteiger partial charge in [-0.15, -0.1) is 0 Å². The van der Waals surface area contributed by atoms with E-state index in [9.17, 15) is 9.59 Å². The SMILES string of the molecule is Cc1cc(C#CCCO)cc(C(=O)NCC(N)=O)c1. The summed E-state index contributed by atoms with van der Waals surface area (Å²) in [4.78, 5) is 22.4. The van der Waals surface area contributed by atoms with Gasteiger partial charge in [0.15, 0.2) is 0 Å². The summed E-state index contributed by atoms with van der Waals surface area (Å²) in [5, 5.41) is 11.1. The summed E-state index contributed by atoms with van der Waals surface area (Å²) >= 11 is 0. The van der Waals surface area contributed by atoms with Crippen molar-refractivity contribution in [2.45, 2.75) is 13.3 Å². The molecule has 0 radical (unpaired) electrons. The van der Waals surface area contributed by atoms with E-state index in [0.717, 1.165) is 5.56 Å². The van der Waals surface area contributed by atoms with Crippen molar-refractivity contribution < 1.29 is 14.7 Å². The van der Waals surface area contributed by atoms with E-state index < -0.39 is 5.91 Å². The van der Waals surface area contributed by atoms with Crippen molar-refractivity contribution in [3.05, 3.63) is 34.9 Å². The molecule has 1 rings (SSSR count). The molecular weight excluding hydrogens is 244 g/mol. The lowest BCUT2D eigenvalue weighted by Gasteiger charge is -2.05. The zero-order valence-electron chi connectivity index (χ0n) is 10.7. The third-order valence-corrected chi connectivity index (χ3v) is 2.23. The molecule has 0 heterocycles. The van der Waals surface area contributed by atoms with E-state index >= 15 is 0 Å².